The Bertz CT molecular complexity index is 3700. The lowest BCUT2D eigenvalue weighted by Gasteiger charge is -2.26. The predicted octanol–water partition coefficient (Wildman–Crippen LogP) is 17.6. The zero-order valence-electron chi connectivity index (χ0n) is 36.8. The minimum Gasteiger partial charge on any atom is -0.310 e. The molecule has 2 nitrogen and oxygen atoms in total. The normalized spacial score (nSPS) is 11.6. The molecule has 308 valence electrons. The second-order valence-electron chi connectivity index (χ2n) is 17.5. The molecule has 11 aromatic carbocycles. The van der Waals surface area contributed by atoms with Crippen molar-refractivity contribution >= 4 is 71.2 Å². The number of aryl methyl sites for hydroxylation is 3. The SMILES string of the molecule is Cc1cc(C)c(-n2c3ccccc3c3cc(N(c4ccc(-c5ccc6ccccc6c5)cc4)c4ccc(-c5c6ccccc6c(-c6ccccc6)c6ccccc56)cc4)ccc32)c(C)c1. The van der Waals surface area contributed by atoms with Crippen molar-refractivity contribution in [3.05, 3.63) is 241 Å². The zero-order valence-corrected chi connectivity index (χ0v) is 36.8. The van der Waals surface area contributed by atoms with Gasteiger partial charge in [-0.05, 0) is 152 Å². The van der Waals surface area contributed by atoms with Gasteiger partial charge in [0.25, 0.3) is 0 Å². The van der Waals surface area contributed by atoms with Gasteiger partial charge in [-0.15, -0.1) is 0 Å². The smallest absolute Gasteiger partial charge is 0.0542 e. The van der Waals surface area contributed by atoms with E-state index in [1.165, 1.54) is 110 Å². The van der Waals surface area contributed by atoms with E-state index in [9.17, 15) is 0 Å². The molecule has 0 saturated heterocycles. The summed E-state index contributed by atoms with van der Waals surface area (Å²) in [5.41, 5.74) is 18.1. The van der Waals surface area contributed by atoms with Crippen LogP contribution in [0.2, 0.25) is 0 Å². The van der Waals surface area contributed by atoms with Gasteiger partial charge in [-0.3, -0.25) is 0 Å². The number of hydrogen-bond acceptors (Lipinski definition) is 1. The fourth-order valence-electron chi connectivity index (χ4n) is 10.6. The van der Waals surface area contributed by atoms with Crippen LogP contribution < -0.4 is 4.90 Å². The van der Waals surface area contributed by atoms with Crippen molar-refractivity contribution in [1.82, 2.24) is 4.57 Å². The van der Waals surface area contributed by atoms with E-state index < -0.39 is 0 Å². The molecule has 0 aliphatic carbocycles. The van der Waals surface area contributed by atoms with Crippen molar-refractivity contribution in [2.24, 2.45) is 0 Å². The number of benzene rings is 11. The first-order valence-corrected chi connectivity index (χ1v) is 22.6. The summed E-state index contributed by atoms with van der Waals surface area (Å²) in [5, 5.41) is 9.97. The van der Waals surface area contributed by atoms with Gasteiger partial charge in [0.05, 0.1) is 16.7 Å². The molecule has 0 N–H and O–H groups in total. The third-order valence-corrected chi connectivity index (χ3v) is 13.4. The number of para-hydroxylation sites is 1. The number of fused-ring (bicyclic) bond motifs is 6. The van der Waals surface area contributed by atoms with Gasteiger partial charge in [0.15, 0.2) is 0 Å². The Hall–Kier alpha value is -8.20. The van der Waals surface area contributed by atoms with Crippen LogP contribution >= 0.6 is 0 Å². The third-order valence-electron chi connectivity index (χ3n) is 13.4. The van der Waals surface area contributed by atoms with Crippen LogP contribution in [0.3, 0.4) is 0 Å². The summed E-state index contributed by atoms with van der Waals surface area (Å²) in [7, 11) is 0. The summed E-state index contributed by atoms with van der Waals surface area (Å²) in [6.45, 7) is 6.66. The molecule has 0 fully saturated rings. The molecule has 0 saturated carbocycles. The molecule has 12 rings (SSSR count). The van der Waals surface area contributed by atoms with E-state index in [-0.39, 0.29) is 0 Å². The highest BCUT2D eigenvalue weighted by Gasteiger charge is 2.21. The summed E-state index contributed by atoms with van der Waals surface area (Å²) < 4.78 is 2.47. The highest BCUT2D eigenvalue weighted by atomic mass is 15.1. The topological polar surface area (TPSA) is 8.17 Å². The Labute approximate surface area is 379 Å². The van der Waals surface area contributed by atoms with Crippen LogP contribution in [0, 0.1) is 20.8 Å². The van der Waals surface area contributed by atoms with Gasteiger partial charge < -0.3 is 9.47 Å². The maximum Gasteiger partial charge on any atom is 0.0542 e. The first-order valence-electron chi connectivity index (χ1n) is 22.6. The number of aromatic nitrogens is 1. The molecule has 0 unspecified atom stereocenters. The molecule has 12 aromatic rings. The molecular formula is C63H46N2. The highest BCUT2D eigenvalue weighted by Crippen LogP contribution is 2.46. The fraction of sp³-hybridized carbons (Fsp3) is 0.0476. The van der Waals surface area contributed by atoms with Crippen molar-refractivity contribution < 1.29 is 0 Å². The van der Waals surface area contributed by atoms with Gasteiger partial charge in [0.1, 0.15) is 0 Å². The molecular weight excluding hydrogens is 785 g/mol. The largest absolute Gasteiger partial charge is 0.310 e. The molecule has 1 aromatic heterocycles. The van der Waals surface area contributed by atoms with Gasteiger partial charge in [-0.2, -0.15) is 0 Å². The van der Waals surface area contributed by atoms with E-state index in [1.807, 2.05) is 0 Å². The van der Waals surface area contributed by atoms with Crippen molar-refractivity contribution in [3.63, 3.8) is 0 Å². The molecule has 0 atom stereocenters. The standard InChI is InChI=1S/C63H46N2/c1-41-37-42(2)63(43(3)38-41)65-59-24-14-13-19-53(59)58-40-52(35-36-60(58)65)64(50-31-27-45(28-32-50)49-26-25-44-15-7-8-18-48(44)39-49)51-33-29-47(30-34-51)62-56-22-11-9-20-54(56)61(46-16-5-4-6-17-46)55-21-10-12-23-57(55)62/h4-40H,1-3H3. The number of hydrogen-bond donors (Lipinski definition) is 0. The summed E-state index contributed by atoms with van der Waals surface area (Å²) >= 11 is 0. The van der Waals surface area contributed by atoms with Gasteiger partial charge in [0.2, 0.25) is 0 Å². The van der Waals surface area contributed by atoms with Crippen LogP contribution in [0.15, 0.2) is 224 Å². The monoisotopic (exact) mass is 830 g/mol. The predicted molar refractivity (Wildman–Crippen MR) is 279 cm³/mol. The molecule has 2 heteroatoms. The summed E-state index contributed by atoms with van der Waals surface area (Å²) in [6.07, 6.45) is 0. The van der Waals surface area contributed by atoms with Gasteiger partial charge in [0, 0.05) is 27.8 Å². The van der Waals surface area contributed by atoms with E-state index in [0.29, 0.717) is 0 Å². The van der Waals surface area contributed by atoms with Crippen LogP contribution in [0.4, 0.5) is 17.1 Å². The van der Waals surface area contributed by atoms with Crippen LogP contribution in [0.5, 0.6) is 0 Å². The summed E-state index contributed by atoms with van der Waals surface area (Å²) in [4.78, 5) is 2.41. The molecule has 0 aliphatic rings. The molecule has 65 heavy (non-hydrogen) atoms. The number of rotatable bonds is 7. The molecule has 0 bridgehead atoms. The van der Waals surface area contributed by atoms with Crippen molar-refractivity contribution in [1.29, 1.82) is 0 Å². The van der Waals surface area contributed by atoms with Crippen molar-refractivity contribution in [2.45, 2.75) is 20.8 Å². The highest BCUT2D eigenvalue weighted by molar-refractivity contribution is 6.21. The second kappa shape index (κ2) is 15.6. The van der Waals surface area contributed by atoms with E-state index in [4.69, 9.17) is 0 Å². The van der Waals surface area contributed by atoms with E-state index in [2.05, 4.69) is 255 Å². The first kappa shape index (κ1) is 38.5. The third kappa shape index (κ3) is 6.49. The van der Waals surface area contributed by atoms with E-state index >= 15 is 0 Å². The fourth-order valence-corrected chi connectivity index (χ4v) is 10.6. The van der Waals surface area contributed by atoms with Crippen LogP contribution in [-0.2, 0) is 0 Å². The maximum absolute atomic E-state index is 2.47. The number of anilines is 3. The molecule has 0 spiro atoms. The Kier molecular flexibility index (Phi) is 9.21. The molecule has 0 amide bonds. The zero-order chi connectivity index (χ0) is 43.6. The quantitative estimate of drug-likeness (QED) is 0.145. The summed E-state index contributed by atoms with van der Waals surface area (Å²) in [6, 6.07) is 82.7. The lowest BCUT2D eigenvalue weighted by Crippen LogP contribution is -2.10. The van der Waals surface area contributed by atoms with Gasteiger partial charge in [-0.1, -0.05) is 175 Å². The Morgan fingerprint density at radius 2 is 0.769 bits per heavy atom. The lowest BCUT2D eigenvalue weighted by molar-refractivity contribution is 1.11. The van der Waals surface area contributed by atoms with Crippen LogP contribution in [0.1, 0.15) is 16.7 Å². The van der Waals surface area contributed by atoms with Gasteiger partial charge >= 0.3 is 0 Å². The molecule has 0 radical (unpaired) electrons. The maximum atomic E-state index is 2.47. The van der Waals surface area contributed by atoms with Crippen LogP contribution in [0.25, 0.3) is 93.2 Å². The molecule has 1 heterocycles. The number of nitrogens with zero attached hydrogens (tertiary/aromatic N) is 2. The Morgan fingerprint density at radius 3 is 1.38 bits per heavy atom. The molecule has 0 aliphatic heterocycles. The van der Waals surface area contributed by atoms with Crippen molar-refractivity contribution in [2.75, 3.05) is 4.90 Å². The summed E-state index contributed by atoms with van der Waals surface area (Å²) in [5.74, 6) is 0. The Balaban J connectivity index is 1.03. The minimum absolute atomic E-state index is 1.09. The van der Waals surface area contributed by atoms with Crippen molar-refractivity contribution in [3.8, 4) is 39.1 Å². The van der Waals surface area contributed by atoms with E-state index in [1.54, 1.807) is 0 Å². The first-order chi connectivity index (χ1) is 32.0. The Morgan fingerprint density at radius 1 is 0.308 bits per heavy atom. The average molecular weight is 831 g/mol. The second-order valence-corrected chi connectivity index (χ2v) is 17.5. The van der Waals surface area contributed by atoms with Gasteiger partial charge in [-0.25, -0.2) is 0 Å². The average Bonchev–Trinajstić information content (AvgIpc) is 3.66. The van der Waals surface area contributed by atoms with E-state index in [0.717, 1.165) is 17.1 Å². The lowest BCUT2D eigenvalue weighted by atomic mass is 9.86. The minimum atomic E-state index is 1.09. The van der Waals surface area contributed by atoms with Crippen LogP contribution in [-0.4, -0.2) is 4.57 Å².